The summed E-state index contributed by atoms with van der Waals surface area (Å²) in [5.74, 6) is 1.73. The molecule has 2 heterocycles. The van der Waals surface area contributed by atoms with E-state index in [0.717, 1.165) is 23.8 Å². The molecule has 0 saturated carbocycles. The van der Waals surface area contributed by atoms with Crippen LogP contribution in [0.5, 0.6) is 0 Å². The van der Waals surface area contributed by atoms with Gasteiger partial charge in [-0.1, -0.05) is 30.3 Å². The largest absolute Gasteiger partial charge is 0.338 e. The number of rotatable bonds is 5. The van der Waals surface area contributed by atoms with E-state index in [-0.39, 0.29) is 11.8 Å². The highest BCUT2D eigenvalue weighted by Gasteiger charge is 2.23. The molecule has 7 nitrogen and oxygen atoms in total. The molecular weight excluding hydrogens is 318 g/mol. The van der Waals surface area contributed by atoms with Crippen LogP contribution in [-0.4, -0.2) is 49.5 Å². The summed E-state index contributed by atoms with van der Waals surface area (Å²) in [6.07, 6.45) is 0.319. The summed E-state index contributed by atoms with van der Waals surface area (Å²) in [6, 6.07) is 9.81. The summed E-state index contributed by atoms with van der Waals surface area (Å²) in [4.78, 5) is 27.9. The molecule has 0 fully saturated rings. The van der Waals surface area contributed by atoms with Gasteiger partial charge in [0.1, 0.15) is 5.82 Å². The predicted octanol–water partition coefficient (Wildman–Crippen LogP) is 1.37. The first-order valence-electron chi connectivity index (χ1n) is 8.50. The molecule has 0 unspecified atom stereocenters. The Bertz CT molecular complexity index is 756. The average molecular weight is 341 g/mol. The Hall–Kier alpha value is -2.70. The molecule has 3 rings (SSSR count). The van der Waals surface area contributed by atoms with Gasteiger partial charge >= 0.3 is 0 Å². The van der Waals surface area contributed by atoms with Gasteiger partial charge in [0.15, 0.2) is 5.82 Å². The molecule has 132 valence electrons. The fourth-order valence-electron chi connectivity index (χ4n) is 3.06. The molecule has 1 aromatic heterocycles. The van der Waals surface area contributed by atoms with Gasteiger partial charge in [-0.2, -0.15) is 0 Å². The molecule has 1 aliphatic heterocycles. The van der Waals surface area contributed by atoms with E-state index in [1.165, 1.54) is 0 Å². The molecule has 1 aromatic carbocycles. The number of hydrogen-bond donors (Lipinski definition) is 0. The van der Waals surface area contributed by atoms with Gasteiger partial charge in [-0.3, -0.25) is 9.59 Å². The Labute approximate surface area is 147 Å². The maximum Gasteiger partial charge on any atom is 0.224 e. The highest BCUT2D eigenvalue weighted by molar-refractivity contribution is 5.78. The zero-order valence-corrected chi connectivity index (χ0v) is 14.7. The molecule has 0 saturated heterocycles. The van der Waals surface area contributed by atoms with Crippen molar-refractivity contribution in [2.24, 2.45) is 0 Å². The lowest BCUT2D eigenvalue weighted by atomic mass is 10.2. The van der Waals surface area contributed by atoms with Gasteiger partial charge in [0, 0.05) is 39.5 Å². The van der Waals surface area contributed by atoms with E-state index in [1.54, 1.807) is 16.7 Å². The Balaban J connectivity index is 1.56. The molecular formula is C18H23N5O2. The molecule has 2 aromatic rings. The number of nitrogens with zero attached hydrogens (tertiary/aromatic N) is 5. The normalized spacial score (nSPS) is 13.4. The summed E-state index contributed by atoms with van der Waals surface area (Å²) >= 11 is 0. The number of amides is 2. The van der Waals surface area contributed by atoms with E-state index in [9.17, 15) is 9.59 Å². The lowest BCUT2D eigenvalue weighted by Gasteiger charge is -2.29. The van der Waals surface area contributed by atoms with Crippen molar-refractivity contribution in [3.05, 3.63) is 47.5 Å². The fourth-order valence-corrected chi connectivity index (χ4v) is 3.06. The van der Waals surface area contributed by atoms with Crippen molar-refractivity contribution in [2.75, 3.05) is 13.1 Å². The van der Waals surface area contributed by atoms with Gasteiger partial charge in [-0.05, 0) is 12.5 Å². The number of aromatic nitrogens is 3. The standard InChI is InChI=1S/C18H23N5O2/c1-14-19-20-17-13-22(10-11-23(14)17)18(25)8-9-21(15(2)24)12-16-6-4-3-5-7-16/h3-7H,8-13H2,1-2H3. The molecule has 7 heteroatoms. The topological polar surface area (TPSA) is 71.3 Å². The maximum atomic E-state index is 12.5. The predicted molar refractivity (Wildman–Crippen MR) is 92.3 cm³/mol. The van der Waals surface area contributed by atoms with Crippen LogP contribution in [0.25, 0.3) is 0 Å². The highest BCUT2D eigenvalue weighted by Crippen LogP contribution is 2.13. The second kappa shape index (κ2) is 7.46. The lowest BCUT2D eigenvalue weighted by Crippen LogP contribution is -2.40. The zero-order valence-electron chi connectivity index (χ0n) is 14.7. The van der Waals surface area contributed by atoms with E-state index < -0.39 is 0 Å². The first kappa shape index (κ1) is 17.1. The number of aryl methyl sites for hydroxylation is 1. The quantitative estimate of drug-likeness (QED) is 0.823. The Morgan fingerprint density at radius 2 is 1.92 bits per heavy atom. The minimum absolute atomic E-state index is 0.0225. The van der Waals surface area contributed by atoms with Crippen molar-refractivity contribution in [2.45, 2.75) is 39.9 Å². The van der Waals surface area contributed by atoms with Gasteiger partial charge in [-0.15, -0.1) is 10.2 Å². The molecule has 0 aliphatic carbocycles. The Kier molecular flexibility index (Phi) is 5.11. The third kappa shape index (κ3) is 4.04. The minimum Gasteiger partial charge on any atom is -0.338 e. The van der Waals surface area contributed by atoms with Gasteiger partial charge in [-0.25, -0.2) is 0 Å². The second-order valence-corrected chi connectivity index (χ2v) is 6.31. The number of benzene rings is 1. The first-order chi connectivity index (χ1) is 12.0. The highest BCUT2D eigenvalue weighted by atomic mass is 16.2. The second-order valence-electron chi connectivity index (χ2n) is 6.31. The number of fused-ring (bicyclic) bond motifs is 1. The smallest absolute Gasteiger partial charge is 0.224 e. The van der Waals surface area contributed by atoms with Crippen molar-refractivity contribution in [3.63, 3.8) is 0 Å². The number of carbonyl (C=O) groups is 2. The van der Waals surface area contributed by atoms with E-state index in [2.05, 4.69) is 10.2 Å². The van der Waals surface area contributed by atoms with Crippen LogP contribution >= 0.6 is 0 Å². The molecule has 0 spiro atoms. The van der Waals surface area contributed by atoms with Crippen LogP contribution in [0.1, 0.15) is 30.6 Å². The van der Waals surface area contributed by atoms with E-state index in [0.29, 0.717) is 32.6 Å². The SMILES string of the molecule is CC(=O)N(CCC(=O)N1CCn2c(C)nnc2C1)Cc1ccccc1. The van der Waals surface area contributed by atoms with E-state index >= 15 is 0 Å². The molecule has 0 N–H and O–H groups in total. The Morgan fingerprint density at radius 3 is 2.64 bits per heavy atom. The minimum atomic E-state index is -0.0225. The van der Waals surface area contributed by atoms with Gasteiger partial charge in [0.05, 0.1) is 6.54 Å². The van der Waals surface area contributed by atoms with Gasteiger partial charge in [0.2, 0.25) is 11.8 Å². The van der Waals surface area contributed by atoms with Crippen LogP contribution in [0.4, 0.5) is 0 Å². The van der Waals surface area contributed by atoms with Crippen molar-refractivity contribution >= 4 is 11.8 Å². The van der Waals surface area contributed by atoms with Crippen molar-refractivity contribution in [1.29, 1.82) is 0 Å². The fraction of sp³-hybridized carbons (Fsp3) is 0.444. The third-order valence-electron chi connectivity index (χ3n) is 4.55. The van der Waals surface area contributed by atoms with Crippen molar-refractivity contribution in [1.82, 2.24) is 24.6 Å². The number of hydrogen-bond acceptors (Lipinski definition) is 4. The lowest BCUT2D eigenvalue weighted by molar-refractivity contribution is -0.134. The first-order valence-corrected chi connectivity index (χ1v) is 8.50. The van der Waals surface area contributed by atoms with Crippen LogP contribution in [0.2, 0.25) is 0 Å². The summed E-state index contributed by atoms with van der Waals surface area (Å²) in [5.41, 5.74) is 1.06. The van der Waals surface area contributed by atoms with Crippen molar-refractivity contribution < 1.29 is 9.59 Å². The molecule has 1 aliphatic rings. The van der Waals surface area contributed by atoms with Crippen molar-refractivity contribution in [3.8, 4) is 0 Å². The summed E-state index contributed by atoms with van der Waals surface area (Å²) in [7, 11) is 0. The van der Waals surface area contributed by atoms with Crippen LogP contribution in [0.3, 0.4) is 0 Å². The summed E-state index contributed by atoms with van der Waals surface area (Å²) in [5, 5.41) is 8.18. The van der Waals surface area contributed by atoms with Crippen LogP contribution in [0.15, 0.2) is 30.3 Å². The summed E-state index contributed by atoms with van der Waals surface area (Å²) < 4.78 is 2.04. The maximum absolute atomic E-state index is 12.5. The van der Waals surface area contributed by atoms with E-state index in [1.807, 2.05) is 41.8 Å². The number of carbonyl (C=O) groups excluding carboxylic acids is 2. The molecule has 25 heavy (non-hydrogen) atoms. The van der Waals surface area contributed by atoms with Crippen LogP contribution in [0, 0.1) is 6.92 Å². The monoisotopic (exact) mass is 341 g/mol. The summed E-state index contributed by atoms with van der Waals surface area (Å²) in [6.45, 7) is 6.27. The third-order valence-corrected chi connectivity index (χ3v) is 4.55. The average Bonchev–Trinajstić information content (AvgIpc) is 2.99. The zero-order chi connectivity index (χ0) is 17.8. The van der Waals surface area contributed by atoms with Crippen LogP contribution < -0.4 is 0 Å². The van der Waals surface area contributed by atoms with Gasteiger partial charge < -0.3 is 14.4 Å². The molecule has 2 amide bonds. The van der Waals surface area contributed by atoms with Crippen LogP contribution in [-0.2, 0) is 29.2 Å². The Morgan fingerprint density at radius 1 is 1.16 bits per heavy atom. The molecule has 0 radical (unpaired) electrons. The van der Waals surface area contributed by atoms with Gasteiger partial charge in [0.25, 0.3) is 0 Å². The molecule has 0 atom stereocenters. The molecule has 0 bridgehead atoms. The van der Waals surface area contributed by atoms with E-state index in [4.69, 9.17) is 0 Å².